The van der Waals surface area contributed by atoms with E-state index in [1.54, 1.807) is 12.4 Å². The van der Waals surface area contributed by atoms with Gasteiger partial charge in [-0.25, -0.2) is 4.79 Å². The summed E-state index contributed by atoms with van der Waals surface area (Å²) in [6.45, 7) is 7.16. The van der Waals surface area contributed by atoms with Gasteiger partial charge in [-0.2, -0.15) is 0 Å². The molecule has 3 fully saturated rings. The van der Waals surface area contributed by atoms with Crippen LogP contribution in [0.4, 0.5) is 4.79 Å². The van der Waals surface area contributed by atoms with Crippen molar-refractivity contribution in [3.63, 3.8) is 0 Å². The Morgan fingerprint density at radius 2 is 1.78 bits per heavy atom. The second-order valence-corrected chi connectivity index (χ2v) is 10.8. The lowest BCUT2D eigenvalue weighted by atomic mass is 9.67. The van der Waals surface area contributed by atoms with Crippen molar-refractivity contribution in [3.8, 4) is 0 Å². The zero-order valence-corrected chi connectivity index (χ0v) is 19.6. The molecule has 7 nitrogen and oxygen atoms in total. The highest BCUT2D eigenvalue weighted by molar-refractivity contribution is 6.09. The van der Waals surface area contributed by atoms with Gasteiger partial charge in [0.1, 0.15) is 12.1 Å². The molecule has 174 valence electrons. The van der Waals surface area contributed by atoms with Gasteiger partial charge in [-0.3, -0.25) is 19.5 Å². The van der Waals surface area contributed by atoms with Crippen LogP contribution in [0.5, 0.6) is 0 Å². The predicted octanol–water partition coefficient (Wildman–Crippen LogP) is 4.05. The van der Waals surface area contributed by atoms with Crippen LogP contribution in [0.3, 0.4) is 0 Å². The molecule has 7 heteroatoms. The number of hydrogen-bond acceptors (Lipinski definition) is 4. The third-order valence-corrected chi connectivity index (χ3v) is 7.77. The number of carbonyl (C=O) groups is 3. The third kappa shape index (κ3) is 4.39. The van der Waals surface area contributed by atoms with Crippen LogP contribution >= 0.6 is 0 Å². The first kappa shape index (κ1) is 22.7. The zero-order valence-electron chi connectivity index (χ0n) is 19.6. The number of urea groups is 1. The average molecular weight is 441 g/mol. The molecule has 1 aliphatic carbocycles. The van der Waals surface area contributed by atoms with Gasteiger partial charge < -0.3 is 10.2 Å². The summed E-state index contributed by atoms with van der Waals surface area (Å²) < 4.78 is 0. The topological polar surface area (TPSA) is 82.6 Å². The molecule has 3 aliphatic rings. The first-order chi connectivity index (χ1) is 15.2. The molecule has 2 aliphatic heterocycles. The minimum Gasteiger partial charge on any atom is -0.334 e. The van der Waals surface area contributed by atoms with Crippen LogP contribution in [0.2, 0.25) is 0 Å². The molecule has 2 saturated heterocycles. The van der Waals surface area contributed by atoms with E-state index in [0.29, 0.717) is 25.3 Å². The molecule has 1 saturated carbocycles. The summed E-state index contributed by atoms with van der Waals surface area (Å²) in [6, 6.07) is 3.44. The number of amides is 4. The van der Waals surface area contributed by atoms with Gasteiger partial charge >= 0.3 is 6.03 Å². The van der Waals surface area contributed by atoms with E-state index in [2.05, 4.69) is 31.1 Å². The minimum atomic E-state index is -0.831. The number of aromatic nitrogens is 1. The zero-order chi connectivity index (χ0) is 22.9. The van der Waals surface area contributed by atoms with Gasteiger partial charge in [-0.1, -0.05) is 33.6 Å². The molecule has 1 spiro atoms. The van der Waals surface area contributed by atoms with E-state index in [-0.39, 0.29) is 29.8 Å². The van der Waals surface area contributed by atoms with Crippen molar-refractivity contribution in [2.24, 2.45) is 11.3 Å². The molecule has 4 rings (SSSR count). The van der Waals surface area contributed by atoms with Gasteiger partial charge in [0, 0.05) is 18.9 Å². The molecule has 0 aromatic carbocycles. The van der Waals surface area contributed by atoms with Crippen molar-refractivity contribution in [1.82, 2.24) is 20.1 Å². The predicted molar refractivity (Wildman–Crippen MR) is 122 cm³/mol. The fraction of sp³-hybridized carbons (Fsp3) is 0.680. The van der Waals surface area contributed by atoms with Crippen molar-refractivity contribution < 1.29 is 14.4 Å². The van der Waals surface area contributed by atoms with Crippen LogP contribution in [0.1, 0.15) is 83.7 Å². The molecular weight excluding hydrogens is 404 g/mol. The standard InChI is InChI=1S/C25H36N4O3/c1-24(2,3)19-8-12-25(13-9-19)22(31)29(23(32)27-25)17-21(30)28-16-6-4-5-7-20(28)18-10-14-26-15-11-18/h10-11,14-15,19-20H,4-9,12-13,16-17H2,1-3H3,(H,27,32). The highest BCUT2D eigenvalue weighted by atomic mass is 16.2. The molecule has 1 aromatic heterocycles. The average Bonchev–Trinajstić information content (AvgIpc) is 2.94. The largest absolute Gasteiger partial charge is 0.334 e. The lowest BCUT2D eigenvalue weighted by Crippen LogP contribution is -2.51. The van der Waals surface area contributed by atoms with E-state index >= 15 is 0 Å². The Morgan fingerprint density at radius 3 is 2.44 bits per heavy atom. The highest BCUT2D eigenvalue weighted by Gasteiger charge is 2.53. The van der Waals surface area contributed by atoms with E-state index in [4.69, 9.17) is 0 Å². The summed E-state index contributed by atoms with van der Waals surface area (Å²) in [7, 11) is 0. The Morgan fingerprint density at radius 1 is 1.09 bits per heavy atom. The van der Waals surface area contributed by atoms with Gasteiger partial charge in [0.05, 0.1) is 6.04 Å². The smallest absolute Gasteiger partial charge is 0.325 e. The number of imide groups is 1. The van der Waals surface area contributed by atoms with Crippen LogP contribution in [0.15, 0.2) is 24.5 Å². The Bertz CT molecular complexity index is 856. The second-order valence-electron chi connectivity index (χ2n) is 10.8. The molecule has 1 atom stereocenters. The Hall–Kier alpha value is -2.44. The monoisotopic (exact) mass is 440 g/mol. The fourth-order valence-corrected chi connectivity index (χ4v) is 5.70. The Balaban J connectivity index is 1.47. The Labute approximate surface area is 190 Å². The highest BCUT2D eigenvalue weighted by Crippen LogP contribution is 2.43. The number of nitrogens with one attached hydrogen (secondary N) is 1. The number of likely N-dealkylation sites (tertiary alicyclic amines) is 1. The van der Waals surface area contributed by atoms with Crippen molar-refractivity contribution in [2.75, 3.05) is 13.1 Å². The molecule has 1 aromatic rings. The third-order valence-electron chi connectivity index (χ3n) is 7.77. The summed E-state index contributed by atoms with van der Waals surface area (Å²) in [5, 5.41) is 2.96. The maximum atomic E-state index is 13.4. The summed E-state index contributed by atoms with van der Waals surface area (Å²) in [6.07, 6.45) is 10.6. The quantitative estimate of drug-likeness (QED) is 0.719. The van der Waals surface area contributed by atoms with E-state index in [9.17, 15) is 14.4 Å². The summed E-state index contributed by atoms with van der Waals surface area (Å²) in [4.78, 5) is 46.6. The van der Waals surface area contributed by atoms with Gasteiger partial charge in [0.2, 0.25) is 5.91 Å². The van der Waals surface area contributed by atoms with Crippen molar-refractivity contribution in [2.45, 2.75) is 83.7 Å². The summed E-state index contributed by atoms with van der Waals surface area (Å²) in [5.41, 5.74) is 0.421. The first-order valence-corrected chi connectivity index (χ1v) is 12.0. The number of pyridine rings is 1. The van der Waals surface area contributed by atoms with Crippen molar-refractivity contribution in [1.29, 1.82) is 0 Å². The Kier molecular flexibility index (Phi) is 6.28. The van der Waals surface area contributed by atoms with Crippen LogP contribution in [0.25, 0.3) is 0 Å². The second kappa shape index (κ2) is 8.83. The number of hydrogen-bond donors (Lipinski definition) is 1. The molecule has 32 heavy (non-hydrogen) atoms. The first-order valence-electron chi connectivity index (χ1n) is 12.0. The summed E-state index contributed by atoms with van der Waals surface area (Å²) in [5.74, 6) is 0.155. The van der Waals surface area contributed by atoms with Crippen LogP contribution in [-0.2, 0) is 9.59 Å². The number of rotatable bonds is 3. The van der Waals surface area contributed by atoms with Gasteiger partial charge in [-0.05, 0) is 67.6 Å². The number of carbonyl (C=O) groups excluding carboxylic acids is 3. The fourth-order valence-electron chi connectivity index (χ4n) is 5.70. The maximum Gasteiger partial charge on any atom is 0.325 e. The van der Waals surface area contributed by atoms with Crippen molar-refractivity contribution >= 4 is 17.8 Å². The van der Waals surface area contributed by atoms with E-state index in [0.717, 1.165) is 49.0 Å². The lowest BCUT2D eigenvalue weighted by Gasteiger charge is -2.40. The van der Waals surface area contributed by atoms with Crippen molar-refractivity contribution in [3.05, 3.63) is 30.1 Å². The molecular formula is C25H36N4O3. The maximum absolute atomic E-state index is 13.4. The molecule has 0 radical (unpaired) electrons. The summed E-state index contributed by atoms with van der Waals surface area (Å²) >= 11 is 0. The van der Waals surface area contributed by atoms with E-state index in [1.165, 1.54) is 0 Å². The minimum absolute atomic E-state index is 0.0371. The van der Waals surface area contributed by atoms with Crippen LogP contribution in [-0.4, -0.2) is 51.3 Å². The number of nitrogens with zero attached hydrogens (tertiary/aromatic N) is 3. The van der Waals surface area contributed by atoms with Crippen LogP contribution < -0.4 is 5.32 Å². The molecule has 4 amide bonds. The lowest BCUT2D eigenvalue weighted by molar-refractivity contribution is -0.141. The van der Waals surface area contributed by atoms with E-state index < -0.39 is 11.6 Å². The molecule has 1 N–H and O–H groups in total. The van der Waals surface area contributed by atoms with E-state index in [1.807, 2.05) is 17.0 Å². The molecule has 3 heterocycles. The molecule has 1 unspecified atom stereocenters. The molecule has 0 bridgehead atoms. The van der Waals surface area contributed by atoms with Gasteiger partial charge in [0.25, 0.3) is 5.91 Å². The van der Waals surface area contributed by atoms with Crippen LogP contribution in [0, 0.1) is 11.3 Å². The normalized spacial score (nSPS) is 29.2. The van der Waals surface area contributed by atoms with Gasteiger partial charge in [0.15, 0.2) is 0 Å². The SMILES string of the molecule is CC(C)(C)C1CCC2(CC1)NC(=O)N(CC(=O)N1CCCCCC1c1ccncc1)C2=O. The van der Waals surface area contributed by atoms with Gasteiger partial charge in [-0.15, -0.1) is 0 Å².